The fourth-order valence-electron chi connectivity index (χ4n) is 2.33. The summed E-state index contributed by atoms with van der Waals surface area (Å²) in [6, 6.07) is 10.2. The molecule has 0 radical (unpaired) electrons. The minimum absolute atomic E-state index is 0.00250. The van der Waals surface area contributed by atoms with E-state index in [0.29, 0.717) is 6.61 Å². The van der Waals surface area contributed by atoms with Gasteiger partial charge in [0.05, 0.1) is 22.8 Å². The quantitative estimate of drug-likeness (QED) is 0.610. The van der Waals surface area contributed by atoms with Crippen LogP contribution in [-0.2, 0) is 11.2 Å². The van der Waals surface area contributed by atoms with Crippen LogP contribution in [0, 0.1) is 13.8 Å². The Morgan fingerprint density at radius 3 is 2.52 bits per heavy atom. The molecule has 1 aromatic carbocycles. The normalized spacial score (nSPS) is 14.1. The second kappa shape index (κ2) is 7.66. The highest BCUT2D eigenvalue weighted by molar-refractivity contribution is 7.11. The van der Waals surface area contributed by atoms with E-state index in [1.807, 2.05) is 32.0 Å². The fraction of sp³-hybridized carbons (Fsp3) is 0.438. The maximum atomic E-state index is 5.92. The molecule has 5 heteroatoms. The Bertz CT molecular complexity index is 536. The minimum atomic E-state index is -0.0780. The van der Waals surface area contributed by atoms with Crippen molar-refractivity contribution in [3.63, 3.8) is 0 Å². The van der Waals surface area contributed by atoms with Crippen molar-refractivity contribution in [3.05, 3.63) is 51.5 Å². The fourth-order valence-corrected chi connectivity index (χ4v) is 3.33. The zero-order valence-electron chi connectivity index (χ0n) is 12.8. The monoisotopic (exact) mass is 305 g/mol. The first-order valence-electron chi connectivity index (χ1n) is 7.21. The van der Waals surface area contributed by atoms with Crippen molar-refractivity contribution in [1.29, 1.82) is 0 Å². The first-order valence-corrected chi connectivity index (χ1v) is 8.03. The number of hydrazine groups is 1. The Hall–Kier alpha value is -1.27. The molecule has 0 bridgehead atoms. The summed E-state index contributed by atoms with van der Waals surface area (Å²) in [4.78, 5) is 5.86. The van der Waals surface area contributed by atoms with Gasteiger partial charge in [-0.3, -0.25) is 11.3 Å². The van der Waals surface area contributed by atoms with Crippen LogP contribution in [0.5, 0.6) is 0 Å². The van der Waals surface area contributed by atoms with E-state index in [2.05, 4.69) is 29.5 Å². The van der Waals surface area contributed by atoms with Gasteiger partial charge in [0, 0.05) is 17.9 Å². The van der Waals surface area contributed by atoms with Crippen molar-refractivity contribution >= 4 is 11.3 Å². The highest BCUT2D eigenvalue weighted by atomic mass is 32.1. The van der Waals surface area contributed by atoms with Gasteiger partial charge in [-0.2, -0.15) is 0 Å². The van der Waals surface area contributed by atoms with Gasteiger partial charge < -0.3 is 4.74 Å². The summed E-state index contributed by atoms with van der Waals surface area (Å²) < 4.78 is 5.92. The van der Waals surface area contributed by atoms with Crippen molar-refractivity contribution in [2.24, 2.45) is 5.84 Å². The predicted octanol–water partition coefficient (Wildman–Crippen LogP) is 2.91. The van der Waals surface area contributed by atoms with Crippen LogP contribution in [0.3, 0.4) is 0 Å². The molecule has 2 atom stereocenters. The van der Waals surface area contributed by atoms with E-state index >= 15 is 0 Å². The number of rotatable bonds is 7. The maximum Gasteiger partial charge on any atom is 0.0995 e. The Morgan fingerprint density at radius 1 is 1.29 bits per heavy atom. The summed E-state index contributed by atoms with van der Waals surface area (Å²) in [5.74, 6) is 5.78. The third-order valence-electron chi connectivity index (χ3n) is 3.52. The summed E-state index contributed by atoms with van der Waals surface area (Å²) >= 11 is 1.73. The molecule has 0 saturated heterocycles. The average Bonchev–Trinajstić information content (AvgIpc) is 2.82. The molecule has 3 N–H and O–H groups in total. The highest BCUT2D eigenvalue weighted by Gasteiger charge is 2.24. The van der Waals surface area contributed by atoms with Crippen LogP contribution in [-0.4, -0.2) is 17.6 Å². The molecule has 1 heterocycles. The number of ether oxygens (including phenoxy) is 1. The van der Waals surface area contributed by atoms with Gasteiger partial charge in [-0.05, 0) is 26.3 Å². The summed E-state index contributed by atoms with van der Waals surface area (Å²) in [5, 5.41) is 1.09. The molecule has 114 valence electrons. The van der Waals surface area contributed by atoms with Gasteiger partial charge in [0.2, 0.25) is 0 Å². The summed E-state index contributed by atoms with van der Waals surface area (Å²) in [6.07, 6.45) is 0.681. The molecule has 0 aliphatic rings. The van der Waals surface area contributed by atoms with Crippen molar-refractivity contribution in [2.45, 2.75) is 39.3 Å². The molecular formula is C16H23N3OS. The summed E-state index contributed by atoms with van der Waals surface area (Å²) in [7, 11) is 0. The van der Waals surface area contributed by atoms with E-state index in [0.717, 1.165) is 22.7 Å². The number of nitrogens with one attached hydrogen (secondary N) is 1. The summed E-state index contributed by atoms with van der Waals surface area (Å²) in [6.45, 7) is 6.78. The number of hydrogen-bond acceptors (Lipinski definition) is 5. The molecule has 1 aromatic heterocycles. The van der Waals surface area contributed by atoms with Crippen LogP contribution < -0.4 is 11.3 Å². The summed E-state index contributed by atoms with van der Waals surface area (Å²) in [5.41, 5.74) is 5.13. The van der Waals surface area contributed by atoms with Crippen molar-refractivity contribution in [1.82, 2.24) is 10.4 Å². The molecule has 0 amide bonds. The molecule has 0 fully saturated rings. The SMILES string of the molecule is CCOC(c1ccccc1)C(Cc1nc(C)c(C)s1)NN. The lowest BCUT2D eigenvalue weighted by Crippen LogP contribution is -2.42. The van der Waals surface area contributed by atoms with Crippen LogP contribution in [0.25, 0.3) is 0 Å². The Labute approximate surface area is 130 Å². The number of benzene rings is 1. The lowest BCUT2D eigenvalue weighted by Gasteiger charge is -2.26. The lowest BCUT2D eigenvalue weighted by molar-refractivity contribution is 0.0332. The Kier molecular flexibility index (Phi) is 5.87. The number of nitrogens with zero attached hydrogens (tertiary/aromatic N) is 1. The van der Waals surface area contributed by atoms with Gasteiger partial charge in [-0.1, -0.05) is 30.3 Å². The number of aryl methyl sites for hydroxylation is 2. The highest BCUT2D eigenvalue weighted by Crippen LogP contribution is 2.25. The van der Waals surface area contributed by atoms with Crippen molar-refractivity contribution in [2.75, 3.05) is 6.61 Å². The number of aromatic nitrogens is 1. The number of nitrogens with two attached hydrogens (primary N) is 1. The zero-order valence-corrected chi connectivity index (χ0v) is 13.6. The first kappa shape index (κ1) is 16.1. The average molecular weight is 305 g/mol. The van der Waals surface area contributed by atoms with E-state index < -0.39 is 0 Å². The minimum Gasteiger partial charge on any atom is -0.372 e. The van der Waals surface area contributed by atoms with Crippen LogP contribution in [0.15, 0.2) is 30.3 Å². The van der Waals surface area contributed by atoms with Gasteiger partial charge in [0.15, 0.2) is 0 Å². The third-order valence-corrected chi connectivity index (χ3v) is 4.62. The topological polar surface area (TPSA) is 60.2 Å². The third kappa shape index (κ3) is 4.11. The maximum absolute atomic E-state index is 5.92. The van der Waals surface area contributed by atoms with E-state index in [-0.39, 0.29) is 12.1 Å². The van der Waals surface area contributed by atoms with Crippen LogP contribution in [0.2, 0.25) is 0 Å². The molecule has 21 heavy (non-hydrogen) atoms. The lowest BCUT2D eigenvalue weighted by atomic mass is 10.00. The molecule has 0 aliphatic carbocycles. The van der Waals surface area contributed by atoms with Crippen molar-refractivity contribution in [3.8, 4) is 0 Å². The van der Waals surface area contributed by atoms with E-state index in [4.69, 9.17) is 10.6 Å². The van der Waals surface area contributed by atoms with Crippen LogP contribution >= 0.6 is 11.3 Å². The number of thiazole rings is 1. The Balaban J connectivity index is 2.19. The molecule has 2 rings (SSSR count). The standard InChI is InChI=1S/C16H23N3OS/c1-4-20-16(13-8-6-5-7-9-13)14(19-17)10-15-18-11(2)12(3)21-15/h5-9,14,16,19H,4,10,17H2,1-3H3. The van der Waals surface area contributed by atoms with Gasteiger partial charge >= 0.3 is 0 Å². The number of hydrogen-bond donors (Lipinski definition) is 2. The van der Waals surface area contributed by atoms with Crippen molar-refractivity contribution < 1.29 is 4.74 Å². The molecule has 0 spiro atoms. The Morgan fingerprint density at radius 2 is 2.00 bits per heavy atom. The predicted molar refractivity (Wildman–Crippen MR) is 87.2 cm³/mol. The molecular weight excluding hydrogens is 282 g/mol. The molecule has 2 unspecified atom stereocenters. The second-order valence-electron chi connectivity index (χ2n) is 5.01. The van der Waals surface area contributed by atoms with Gasteiger partial charge in [0.25, 0.3) is 0 Å². The van der Waals surface area contributed by atoms with E-state index in [1.165, 1.54) is 4.88 Å². The molecule has 4 nitrogen and oxygen atoms in total. The van der Waals surface area contributed by atoms with Gasteiger partial charge in [-0.15, -0.1) is 11.3 Å². The zero-order chi connectivity index (χ0) is 15.2. The molecule has 2 aromatic rings. The largest absolute Gasteiger partial charge is 0.372 e. The second-order valence-corrected chi connectivity index (χ2v) is 6.30. The van der Waals surface area contributed by atoms with Gasteiger partial charge in [-0.25, -0.2) is 4.98 Å². The van der Waals surface area contributed by atoms with E-state index in [1.54, 1.807) is 11.3 Å². The van der Waals surface area contributed by atoms with Gasteiger partial charge in [0.1, 0.15) is 0 Å². The first-order chi connectivity index (χ1) is 10.2. The smallest absolute Gasteiger partial charge is 0.0995 e. The van der Waals surface area contributed by atoms with Crippen LogP contribution in [0.1, 0.15) is 34.2 Å². The van der Waals surface area contributed by atoms with Crippen LogP contribution in [0.4, 0.5) is 0 Å². The van der Waals surface area contributed by atoms with E-state index in [9.17, 15) is 0 Å². The molecule has 0 saturated carbocycles. The molecule has 0 aliphatic heterocycles.